The van der Waals surface area contributed by atoms with Gasteiger partial charge in [0.1, 0.15) is 0 Å². The fourth-order valence-electron chi connectivity index (χ4n) is 2.84. The summed E-state index contributed by atoms with van der Waals surface area (Å²) in [5.41, 5.74) is 0.533. The van der Waals surface area contributed by atoms with Gasteiger partial charge in [-0.1, -0.05) is 12.0 Å². The highest BCUT2D eigenvalue weighted by Crippen LogP contribution is 2.51. The number of imide groups is 1. The molecule has 0 aromatic rings. The van der Waals surface area contributed by atoms with Gasteiger partial charge in [-0.3, -0.25) is 9.59 Å². The normalized spacial score (nSPS) is 33.9. The van der Waals surface area contributed by atoms with Crippen molar-refractivity contribution in [2.75, 3.05) is 0 Å². The fraction of sp³-hybridized carbons (Fsp3) is 0.429. The molecule has 0 saturated carbocycles. The number of hydrogen-bond donors (Lipinski definition) is 0. The molecule has 4 heteroatoms. The van der Waals surface area contributed by atoms with E-state index < -0.39 is 11.6 Å². The van der Waals surface area contributed by atoms with Crippen LogP contribution in [0.1, 0.15) is 20.3 Å². The van der Waals surface area contributed by atoms with Crippen LogP contribution in [-0.4, -0.2) is 28.5 Å². The predicted molar refractivity (Wildman–Crippen MR) is 63.9 cm³/mol. The minimum Gasteiger partial charge on any atom is -0.340 e. The molecule has 2 amide bonds. The van der Waals surface area contributed by atoms with Gasteiger partial charge in [-0.25, -0.2) is 4.90 Å². The van der Waals surface area contributed by atoms with Gasteiger partial charge in [-0.05, 0) is 25.5 Å². The van der Waals surface area contributed by atoms with Crippen molar-refractivity contribution in [3.63, 3.8) is 0 Å². The molecule has 3 unspecified atom stereocenters. The number of amides is 2. The number of carbonyl (C=O) groups excluding carboxylic acids is 2. The number of terminal acetylenes is 1. The Labute approximate surface area is 105 Å². The van der Waals surface area contributed by atoms with Gasteiger partial charge in [-0.2, -0.15) is 0 Å². The van der Waals surface area contributed by atoms with E-state index in [2.05, 4.69) is 5.92 Å². The highest BCUT2D eigenvalue weighted by Gasteiger charge is 2.60. The second kappa shape index (κ2) is 3.33. The van der Waals surface area contributed by atoms with Crippen LogP contribution in [0, 0.1) is 18.3 Å². The molecule has 1 saturated heterocycles. The first-order valence-electron chi connectivity index (χ1n) is 5.93. The zero-order valence-electron chi connectivity index (χ0n) is 10.3. The van der Waals surface area contributed by atoms with Crippen molar-refractivity contribution in [2.45, 2.75) is 32.1 Å². The van der Waals surface area contributed by atoms with Crippen molar-refractivity contribution >= 4 is 11.8 Å². The average Bonchev–Trinajstić information content (AvgIpc) is 2.99. The van der Waals surface area contributed by atoms with Crippen LogP contribution in [0.4, 0.5) is 0 Å². The molecule has 3 rings (SSSR count). The summed E-state index contributed by atoms with van der Waals surface area (Å²) in [6.07, 6.45) is 9.62. The largest absolute Gasteiger partial charge is 0.340 e. The van der Waals surface area contributed by atoms with Crippen LogP contribution in [0.15, 0.2) is 23.3 Å². The molecule has 1 spiro atoms. The Hall–Kier alpha value is -1.86. The molecule has 2 bridgehead atoms. The van der Waals surface area contributed by atoms with Crippen LogP contribution in [0.25, 0.3) is 0 Å². The summed E-state index contributed by atoms with van der Waals surface area (Å²) < 4.78 is 5.80. The van der Waals surface area contributed by atoms with Crippen molar-refractivity contribution in [2.24, 2.45) is 5.92 Å². The quantitative estimate of drug-likeness (QED) is 0.510. The molecular weight excluding hydrogens is 230 g/mol. The third-order valence-electron chi connectivity index (χ3n) is 3.86. The smallest absolute Gasteiger partial charge is 0.259 e. The van der Waals surface area contributed by atoms with Gasteiger partial charge in [0, 0.05) is 12.0 Å². The van der Waals surface area contributed by atoms with E-state index in [4.69, 9.17) is 11.2 Å². The molecule has 92 valence electrons. The van der Waals surface area contributed by atoms with Crippen molar-refractivity contribution < 1.29 is 14.3 Å². The molecule has 0 N–H and O–H groups in total. The van der Waals surface area contributed by atoms with Crippen LogP contribution in [0.5, 0.6) is 0 Å². The second-order valence-corrected chi connectivity index (χ2v) is 4.89. The predicted octanol–water partition coefficient (Wildman–Crippen LogP) is 0.996. The highest BCUT2D eigenvalue weighted by molar-refractivity contribution is 6.10. The van der Waals surface area contributed by atoms with E-state index in [1.54, 1.807) is 19.9 Å². The molecule has 0 radical (unpaired) electrons. The first kappa shape index (κ1) is 11.2. The molecule has 0 aromatic carbocycles. The van der Waals surface area contributed by atoms with E-state index in [0.29, 0.717) is 12.0 Å². The number of ether oxygens (including phenoxy) is 1. The summed E-state index contributed by atoms with van der Waals surface area (Å²) >= 11 is 0. The first-order chi connectivity index (χ1) is 8.51. The maximum Gasteiger partial charge on any atom is 0.259 e. The number of hydrogen-bond acceptors (Lipinski definition) is 3. The lowest BCUT2D eigenvalue weighted by molar-refractivity contribution is -0.159. The third kappa shape index (κ3) is 1.10. The van der Waals surface area contributed by atoms with E-state index in [0.717, 1.165) is 5.57 Å². The summed E-state index contributed by atoms with van der Waals surface area (Å²) in [5.74, 6) is 1.08. The molecule has 0 aliphatic carbocycles. The number of rotatable bonds is 1. The number of nitrogens with zero attached hydrogens (tertiary/aromatic N) is 1. The van der Waals surface area contributed by atoms with Crippen LogP contribution in [-0.2, 0) is 14.3 Å². The molecule has 0 aromatic heterocycles. The van der Waals surface area contributed by atoms with Gasteiger partial charge in [0.2, 0.25) is 5.91 Å². The molecule has 4 nitrogen and oxygen atoms in total. The van der Waals surface area contributed by atoms with Gasteiger partial charge in [0.15, 0.2) is 5.72 Å². The zero-order chi connectivity index (χ0) is 13.1. The topological polar surface area (TPSA) is 46.6 Å². The molecule has 3 heterocycles. The maximum absolute atomic E-state index is 12.3. The summed E-state index contributed by atoms with van der Waals surface area (Å²) in [4.78, 5) is 25.7. The van der Waals surface area contributed by atoms with Crippen LogP contribution < -0.4 is 0 Å². The molecule has 3 atom stereocenters. The lowest BCUT2D eigenvalue weighted by Gasteiger charge is -2.31. The van der Waals surface area contributed by atoms with Crippen LogP contribution in [0.2, 0.25) is 0 Å². The van der Waals surface area contributed by atoms with Gasteiger partial charge < -0.3 is 4.74 Å². The lowest BCUT2D eigenvalue weighted by Crippen LogP contribution is -2.51. The summed E-state index contributed by atoms with van der Waals surface area (Å²) in [6, 6.07) is 0. The molecule has 3 aliphatic heterocycles. The molecule has 18 heavy (non-hydrogen) atoms. The maximum atomic E-state index is 12.3. The first-order valence-corrected chi connectivity index (χ1v) is 5.93. The van der Waals surface area contributed by atoms with E-state index >= 15 is 0 Å². The molecular formula is C14H13NO3. The Morgan fingerprint density at radius 1 is 1.72 bits per heavy atom. The van der Waals surface area contributed by atoms with Crippen molar-refractivity contribution in [3.8, 4) is 12.3 Å². The number of carbonyl (C=O) groups is 2. The van der Waals surface area contributed by atoms with E-state index in [-0.39, 0.29) is 17.9 Å². The summed E-state index contributed by atoms with van der Waals surface area (Å²) in [5, 5.41) is 0. The van der Waals surface area contributed by atoms with Crippen LogP contribution >= 0.6 is 0 Å². The standard InChI is InChI=1S/C14H13NO3/c1-4-8(2)12(16)15-13(17)9(3)11-7-10-5-6-14(11,15)18-10/h1,5-6,8,10H,7H2,2-3H3. The Morgan fingerprint density at radius 2 is 2.44 bits per heavy atom. The SMILES string of the molecule is C#CC(C)C(=O)N1C(=O)C(C)=C2CC3C=CC21O3. The Kier molecular flexibility index (Phi) is 2.08. The third-order valence-corrected chi connectivity index (χ3v) is 3.86. The zero-order valence-corrected chi connectivity index (χ0v) is 10.3. The van der Waals surface area contributed by atoms with Gasteiger partial charge >= 0.3 is 0 Å². The summed E-state index contributed by atoms with van der Waals surface area (Å²) in [6.45, 7) is 3.36. The van der Waals surface area contributed by atoms with Crippen molar-refractivity contribution in [1.82, 2.24) is 4.90 Å². The van der Waals surface area contributed by atoms with Gasteiger partial charge in [0.25, 0.3) is 5.91 Å². The average molecular weight is 243 g/mol. The number of fused-ring (bicyclic) bond motifs is 1. The summed E-state index contributed by atoms with van der Waals surface area (Å²) in [7, 11) is 0. The van der Waals surface area contributed by atoms with Crippen LogP contribution in [0.3, 0.4) is 0 Å². The van der Waals surface area contributed by atoms with Gasteiger partial charge in [0.05, 0.1) is 12.0 Å². The Balaban J connectivity index is 2.08. The minimum absolute atomic E-state index is 0.0282. The van der Waals surface area contributed by atoms with E-state index in [9.17, 15) is 9.59 Å². The van der Waals surface area contributed by atoms with Gasteiger partial charge in [-0.15, -0.1) is 6.42 Å². The monoisotopic (exact) mass is 243 g/mol. The lowest BCUT2D eigenvalue weighted by atomic mass is 9.94. The molecule has 3 aliphatic rings. The van der Waals surface area contributed by atoms with E-state index in [1.807, 2.05) is 6.08 Å². The van der Waals surface area contributed by atoms with Crippen molar-refractivity contribution in [1.29, 1.82) is 0 Å². The Morgan fingerprint density at radius 3 is 3.06 bits per heavy atom. The molecule has 1 fully saturated rings. The minimum atomic E-state index is -0.978. The fourth-order valence-corrected chi connectivity index (χ4v) is 2.84. The van der Waals surface area contributed by atoms with E-state index in [1.165, 1.54) is 4.90 Å². The Bertz CT molecular complexity index is 566. The highest BCUT2D eigenvalue weighted by atomic mass is 16.5. The second-order valence-electron chi connectivity index (χ2n) is 4.89. The van der Waals surface area contributed by atoms with Crippen molar-refractivity contribution in [3.05, 3.63) is 23.3 Å².